The number of amides is 1. The van der Waals surface area contributed by atoms with Gasteiger partial charge in [-0.05, 0) is 12.5 Å². The number of rotatable bonds is 28. The number of anilines is 1. The summed E-state index contributed by atoms with van der Waals surface area (Å²) in [5.41, 5.74) is 8.79. The Morgan fingerprint density at radius 3 is 1.89 bits per heavy atom. The summed E-state index contributed by atoms with van der Waals surface area (Å²) in [6.07, 6.45) is 4.20. The van der Waals surface area contributed by atoms with E-state index in [4.69, 9.17) is 39.1 Å². The number of aromatic nitrogens is 3. The van der Waals surface area contributed by atoms with Crippen molar-refractivity contribution < 1.29 is 38.0 Å². The van der Waals surface area contributed by atoms with Gasteiger partial charge >= 0.3 is 0 Å². The van der Waals surface area contributed by atoms with Crippen LogP contribution in [0.15, 0.2) is 24.3 Å². The first kappa shape index (κ1) is 38.2. The number of ketones is 1. The maximum Gasteiger partial charge on any atom is 0.222 e. The maximum atomic E-state index is 12.4. The number of fused-ring (bicyclic) bond motifs is 3. The summed E-state index contributed by atoms with van der Waals surface area (Å²) in [6, 6.07) is 7.92. The van der Waals surface area contributed by atoms with Crippen LogP contribution >= 0.6 is 0 Å². The number of unbranched alkanes of at least 4 members (excludes halogenated alkanes) is 1. The Bertz CT molecular complexity index is 1330. The zero-order valence-corrected chi connectivity index (χ0v) is 28.1. The van der Waals surface area contributed by atoms with Crippen molar-refractivity contribution in [1.82, 2.24) is 19.9 Å². The molecule has 3 N–H and O–H groups in total. The van der Waals surface area contributed by atoms with E-state index in [1.165, 1.54) is 0 Å². The second-order valence-corrected chi connectivity index (χ2v) is 10.9. The zero-order chi connectivity index (χ0) is 33.5. The highest BCUT2D eigenvalue weighted by Gasteiger charge is 2.17. The summed E-state index contributed by atoms with van der Waals surface area (Å²) in [5.74, 6) is 1.53. The number of nitrogens with zero attached hydrogens (tertiary/aromatic N) is 3. The van der Waals surface area contributed by atoms with E-state index < -0.39 is 0 Å². The summed E-state index contributed by atoms with van der Waals surface area (Å²) in [6.45, 7) is 10.5. The molecular formula is C34H53N5O8. The number of nitrogens with two attached hydrogens (primary N) is 1. The molecule has 0 radical (unpaired) electrons. The monoisotopic (exact) mass is 659 g/mol. The predicted molar refractivity (Wildman–Crippen MR) is 181 cm³/mol. The number of para-hydroxylation sites is 1. The molecule has 3 rings (SSSR count). The van der Waals surface area contributed by atoms with Gasteiger partial charge in [0, 0.05) is 44.2 Å². The molecule has 13 heteroatoms. The lowest BCUT2D eigenvalue weighted by atomic mass is 10.2. The van der Waals surface area contributed by atoms with E-state index >= 15 is 0 Å². The van der Waals surface area contributed by atoms with Gasteiger partial charge in [-0.3, -0.25) is 9.59 Å². The predicted octanol–water partition coefficient (Wildman–Crippen LogP) is 3.48. The van der Waals surface area contributed by atoms with Crippen LogP contribution in [0, 0.1) is 0 Å². The third-order valence-electron chi connectivity index (χ3n) is 7.35. The van der Waals surface area contributed by atoms with Gasteiger partial charge in [-0.1, -0.05) is 38.5 Å². The lowest BCUT2D eigenvalue weighted by Crippen LogP contribution is -2.28. The summed E-state index contributed by atoms with van der Waals surface area (Å²) in [4.78, 5) is 33.0. The second-order valence-electron chi connectivity index (χ2n) is 10.9. The first-order chi connectivity index (χ1) is 23.0. The molecule has 0 saturated heterocycles. The van der Waals surface area contributed by atoms with Gasteiger partial charge in [0.15, 0.2) is 5.82 Å². The zero-order valence-electron chi connectivity index (χ0n) is 28.1. The Kier molecular flexibility index (Phi) is 18.9. The molecule has 0 saturated carbocycles. The van der Waals surface area contributed by atoms with E-state index in [1.807, 2.05) is 31.2 Å². The molecule has 0 aliphatic carbocycles. The van der Waals surface area contributed by atoms with Crippen LogP contribution in [0.5, 0.6) is 0 Å². The molecular weight excluding hydrogens is 606 g/mol. The van der Waals surface area contributed by atoms with Crippen molar-refractivity contribution in [1.29, 1.82) is 0 Å². The molecule has 0 aliphatic heterocycles. The highest BCUT2D eigenvalue weighted by Crippen LogP contribution is 2.29. The normalized spacial score (nSPS) is 11.5. The van der Waals surface area contributed by atoms with Crippen LogP contribution in [0.25, 0.3) is 21.9 Å². The molecule has 262 valence electrons. The van der Waals surface area contributed by atoms with Crippen molar-refractivity contribution in [3.05, 3.63) is 30.1 Å². The van der Waals surface area contributed by atoms with Crippen molar-refractivity contribution in [3.63, 3.8) is 0 Å². The van der Waals surface area contributed by atoms with Crippen molar-refractivity contribution in [2.24, 2.45) is 0 Å². The second kappa shape index (κ2) is 23.2. The summed E-state index contributed by atoms with van der Waals surface area (Å²) >= 11 is 0. The number of hydrogen-bond donors (Lipinski definition) is 2. The topological polar surface area (TPSA) is 158 Å². The van der Waals surface area contributed by atoms with Crippen molar-refractivity contribution >= 4 is 39.4 Å². The highest BCUT2D eigenvalue weighted by molar-refractivity contribution is 6.06. The van der Waals surface area contributed by atoms with Crippen LogP contribution in [-0.4, -0.2) is 112 Å². The molecule has 13 nitrogen and oxygen atoms in total. The fourth-order valence-electron chi connectivity index (χ4n) is 4.80. The number of benzene rings is 1. The average Bonchev–Trinajstić information content (AvgIpc) is 3.45. The molecule has 0 fully saturated rings. The molecule has 47 heavy (non-hydrogen) atoms. The van der Waals surface area contributed by atoms with E-state index in [1.54, 1.807) is 0 Å². The van der Waals surface area contributed by atoms with E-state index in [9.17, 15) is 9.59 Å². The number of nitrogens with one attached hydrogen (secondary N) is 1. The number of ether oxygens (including phenoxy) is 6. The van der Waals surface area contributed by atoms with Gasteiger partial charge in [0.1, 0.15) is 17.1 Å². The third kappa shape index (κ3) is 14.2. The quantitative estimate of drug-likeness (QED) is 0.110. The molecule has 3 aromatic rings. The Morgan fingerprint density at radius 2 is 1.32 bits per heavy atom. The minimum absolute atomic E-state index is 0.0655. The van der Waals surface area contributed by atoms with Crippen LogP contribution in [-0.2, 0) is 51.0 Å². The van der Waals surface area contributed by atoms with Gasteiger partial charge in [-0.2, -0.15) is 0 Å². The Balaban J connectivity index is 1.17. The van der Waals surface area contributed by atoms with E-state index in [-0.39, 0.29) is 18.1 Å². The number of hydrogen-bond acceptors (Lipinski definition) is 11. The van der Waals surface area contributed by atoms with Gasteiger partial charge < -0.3 is 44.0 Å². The Hall–Kier alpha value is -3.20. The molecule has 0 atom stereocenters. The molecule has 2 aromatic heterocycles. The van der Waals surface area contributed by atoms with Crippen molar-refractivity contribution in [2.75, 3.05) is 91.6 Å². The van der Waals surface area contributed by atoms with Gasteiger partial charge in [-0.15, -0.1) is 0 Å². The number of carbonyl (C=O) groups excluding carboxylic acids is 2. The van der Waals surface area contributed by atoms with Crippen LogP contribution in [0.2, 0.25) is 0 Å². The van der Waals surface area contributed by atoms with E-state index in [0.717, 1.165) is 41.5 Å². The molecule has 0 bridgehead atoms. The molecule has 0 unspecified atom stereocenters. The first-order valence-electron chi connectivity index (χ1n) is 16.8. The summed E-state index contributed by atoms with van der Waals surface area (Å²) < 4.78 is 34.9. The maximum absolute atomic E-state index is 12.4. The fourth-order valence-corrected chi connectivity index (χ4v) is 4.80. The largest absolute Gasteiger partial charge is 0.382 e. The molecule has 0 aliphatic rings. The lowest BCUT2D eigenvalue weighted by Gasteiger charge is -2.12. The number of aryl methyl sites for hydroxylation is 1. The first-order valence-corrected chi connectivity index (χ1v) is 16.8. The average molecular weight is 660 g/mol. The minimum atomic E-state index is -0.0655. The number of carbonyl (C=O) groups is 2. The van der Waals surface area contributed by atoms with Crippen molar-refractivity contribution in [3.8, 4) is 0 Å². The van der Waals surface area contributed by atoms with Gasteiger partial charge in [0.05, 0.1) is 90.3 Å². The summed E-state index contributed by atoms with van der Waals surface area (Å²) in [5, 5.41) is 4.01. The van der Waals surface area contributed by atoms with Crippen LogP contribution in [0.4, 0.5) is 5.82 Å². The number of nitrogen functional groups attached to an aromatic ring is 1. The Morgan fingerprint density at radius 1 is 0.766 bits per heavy atom. The molecule has 1 amide bonds. The number of pyridine rings is 1. The van der Waals surface area contributed by atoms with Crippen molar-refractivity contribution in [2.45, 2.75) is 58.9 Å². The SMILES string of the molecule is CCCCc1nc2c(N)nc3ccccc3c2n1CCNC(=O)CCOCCOCCOCCOCCOCCOCCC(=O)CC. The summed E-state index contributed by atoms with van der Waals surface area (Å²) in [7, 11) is 0. The number of Topliss-reactive ketones (excluding diaryl/α,β-unsaturated/α-hetero) is 1. The molecule has 1 aromatic carbocycles. The fraction of sp³-hybridized carbons (Fsp3) is 0.647. The van der Waals surface area contributed by atoms with Gasteiger partial charge in [0.2, 0.25) is 5.91 Å². The number of imidazole rings is 1. The van der Waals surface area contributed by atoms with Gasteiger partial charge in [-0.25, -0.2) is 9.97 Å². The van der Waals surface area contributed by atoms with Crippen LogP contribution in [0.3, 0.4) is 0 Å². The molecule has 0 spiro atoms. The van der Waals surface area contributed by atoms with E-state index in [2.05, 4.69) is 21.8 Å². The van der Waals surface area contributed by atoms with Crippen LogP contribution in [0.1, 0.15) is 51.8 Å². The minimum Gasteiger partial charge on any atom is -0.382 e. The van der Waals surface area contributed by atoms with E-state index in [0.29, 0.717) is 117 Å². The Labute approximate surface area is 277 Å². The highest BCUT2D eigenvalue weighted by atomic mass is 16.6. The third-order valence-corrected chi connectivity index (χ3v) is 7.35. The smallest absolute Gasteiger partial charge is 0.222 e. The lowest BCUT2D eigenvalue weighted by molar-refractivity contribution is -0.122. The van der Waals surface area contributed by atoms with Gasteiger partial charge in [0.25, 0.3) is 0 Å². The van der Waals surface area contributed by atoms with Crippen LogP contribution < -0.4 is 11.1 Å². The standard InChI is InChI=1S/C34H53N5O8/c1-3-5-10-30-38-32-33(28-8-6-7-9-29(28)37-34(32)35)39(30)14-13-36-31(41)12-16-43-18-20-45-22-24-47-26-25-46-23-21-44-19-17-42-15-11-27(40)4-2/h6-9H,3-5,10-26H2,1-2H3,(H2,35,37)(H,36,41). The molecule has 2 heterocycles.